The number of piperazine rings is 1. The first-order valence-electron chi connectivity index (χ1n) is 11.4. The fourth-order valence-corrected chi connectivity index (χ4v) is 5.93. The van der Waals surface area contributed by atoms with E-state index in [1.165, 1.54) is 16.0 Å². The number of nitriles is 1. The predicted molar refractivity (Wildman–Crippen MR) is 136 cm³/mol. The molecular formula is C25H24ClN7OS. The summed E-state index contributed by atoms with van der Waals surface area (Å²) in [5.74, 6) is 1.11. The SMILES string of the molecule is N#C/[N+]([O-])=C(\NCc1cccnc1)N1CCN(C2c3ccc(Cl)cc3SCc3cccnc32)CC1. The van der Waals surface area contributed by atoms with E-state index in [1.807, 2.05) is 41.4 Å². The largest absolute Gasteiger partial charge is 0.746 e. The minimum absolute atomic E-state index is 0.00161. The van der Waals surface area contributed by atoms with Crippen molar-refractivity contribution in [3.05, 3.63) is 93.7 Å². The summed E-state index contributed by atoms with van der Waals surface area (Å²) < 4.78 is 0.350. The molecule has 1 fully saturated rings. The highest BCUT2D eigenvalue weighted by molar-refractivity contribution is 7.98. The molecule has 5 rings (SSSR count). The average Bonchev–Trinajstić information content (AvgIpc) is 3.06. The number of hydrogen-bond donors (Lipinski definition) is 1. The van der Waals surface area contributed by atoms with Gasteiger partial charge in [-0.2, -0.15) is 4.74 Å². The quantitative estimate of drug-likeness (QED) is 0.110. The summed E-state index contributed by atoms with van der Waals surface area (Å²) in [7, 11) is 0. The summed E-state index contributed by atoms with van der Waals surface area (Å²) in [4.78, 5) is 14.4. The van der Waals surface area contributed by atoms with Gasteiger partial charge in [0.05, 0.1) is 31.4 Å². The highest BCUT2D eigenvalue weighted by Crippen LogP contribution is 2.42. The summed E-state index contributed by atoms with van der Waals surface area (Å²) in [6, 6.07) is 14.0. The molecule has 1 atom stereocenters. The summed E-state index contributed by atoms with van der Waals surface area (Å²) >= 11 is 8.11. The van der Waals surface area contributed by atoms with Crippen LogP contribution < -0.4 is 5.32 Å². The van der Waals surface area contributed by atoms with Crippen LogP contribution in [-0.2, 0) is 12.3 Å². The topological polar surface area (TPSA) is 94.1 Å². The summed E-state index contributed by atoms with van der Waals surface area (Å²) in [5, 5.41) is 25.5. The standard InChI is InChI=1S/C25H24ClN7OS/c26-20-5-6-21-22(13-20)35-16-19-4-2-8-29-23(19)24(21)31-9-11-32(12-10-31)25(33(34)17-27)30-15-18-3-1-7-28-14-18/h1-8,13-14,24,30H,9-12,15-16H2/b33-25-. The lowest BCUT2D eigenvalue weighted by Gasteiger charge is -2.39. The molecule has 10 heteroatoms. The Balaban J connectivity index is 1.37. The van der Waals surface area contributed by atoms with Gasteiger partial charge in [0.25, 0.3) is 0 Å². The number of nitrogens with zero attached hydrogens (tertiary/aromatic N) is 6. The second kappa shape index (κ2) is 10.5. The molecule has 35 heavy (non-hydrogen) atoms. The van der Waals surface area contributed by atoms with E-state index in [1.54, 1.807) is 30.3 Å². The molecule has 4 heterocycles. The Bertz CT molecular complexity index is 1270. The molecule has 0 amide bonds. The molecule has 0 bridgehead atoms. The first-order valence-corrected chi connectivity index (χ1v) is 12.7. The maximum Gasteiger partial charge on any atom is 0.325 e. The summed E-state index contributed by atoms with van der Waals surface area (Å²) in [5.41, 5.74) is 4.42. The lowest BCUT2D eigenvalue weighted by molar-refractivity contribution is -0.369. The fourth-order valence-electron chi connectivity index (χ4n) is 4.59. The van der Waals surface area contributed by atoms with Crippen molar-refractivity contribution in [2.45, 2.75) is 23.2 Å². The highest BCUT2D eigenvalue weighted by Gasteiger charge is 2.34. The molecule has 3 aromatic rings. The molecule has 1 aromatic carbocycles. The van der Waals surface area contributed by atoms with Gasteiger partial charge in [-0.1, -0.05) is 29.8 Å². The molecule has 0 radical (unpaired) electrons. The third-order valence-corrected chi connectivity index (χ3v) is 7.63. The van der Waals surface area contributed by atoms with Crippen molar-refractivity contribution in [3.8, 4) is 6.19 Å². The van der Waals surface area contributed by atoms with E-state index in [-0.39, 0.29) is 12.0 Å². The Morgan fingerprint density at radius 2 is 2.03 bits per heavy atom. The van der Waals surface area contributed by atoms with Crippen molar-refractivity contribution in [1.82, 2.24) is 25.1 Å². The third kappa shape index (κ3) is 5.05. The van der Waals surface area contributed by atoms with E-state index < -0.39 is 0 Å². The first-order chi connectivity index (χ1) is 17.1. The van der Waals surface area contributed by atoms with Gasteiger partial charge in [0, 0.05) is 52.9 Å². The van der Waals surface area contributed by atoms with Gasteiger partial charge in [0.1, 0.15) is 0 Å². The Morgan fingerprint density at radius 1 is 1.20 bits per heavy atom. The maximum absolute atomic E-state index is 12.4. The number of hydrogen-bond acceptors (Lipinski definition) is 6. The van der Waals surface area contributed by atoms with Crippen LogP contribution in [0.3, 0.4) is 0 Å². The molecule has 0 spiro atoms. The zero-order valence-corrected chi connectivity index (χ0v) is 20.5. The Morgan fingerprint density at radius 3 is 2.80 bits per heavy atom. The molecule has 2 aliphatic rings. The molecule has 2 aliphatic heterocycles. The minimum Gasteiger partial charge on any atom is -0.746 e. The van der Waals surface area contributed by atoms with Crippen molar-refractivity contribution in [2.24, 2.45) is 0 Å². The van der Waals surface area contributed by atoms with Crippen molar-refractivity contribution in [3.63, 3.8) is 0 Å². The number of guanidine groups is 1. The van der Waals surface area contributed by atoms with Crippen molar-refractivity contribution < 1.29 is 4.74 Å². The van der Waals surface area contributed by atoms with Gasteiger partial charge in [-0.25, -0.2) is 0 Å². The molecule has 0 aliphatic carbocycles. The van der Waals surface area contributed by atoms with E-state index in [4.69, 9.17) is 16.6 Å². The molecule has 0 saturated carbocycles. The number of nitrogens with one attached hydrogen (secondary N) is 1. The van der Waals surface area contributed by atoms with Crippen LogP contribution in [-0.4, -0.2) is 56.6 Å². The lowest BCUT2D eigenvalue weighted by atomic mass is 9.97. The zero-order chi connectivity index (χ0) is 24.2. The molecule has 2 aromatic heterocycles. The number of aromatic nitrogens is 2. The second-order valence-electron chi connectivity index (χ2n) is 8.38. The van der Waals surface area contributed by atoms with E-state index in [9.17, 15) is 10.5 Å². The van der Waals surface area contributed by atoms with Crippen molar-refractivity contribution >= 4 is 29.3 Å². The minimum atomic E-state index is 0.00161. The Hall–Kier alpha value is -3.32. The van der Waals surface area contributed by atoms with Crippen molar-refractivity contribution in [2.75, 3.05) is 26.2 Å². The van der Waals surface area contributed by atoms with Gasteiger partial charge in [0.2, 0.25) is 0 Å². The van der Waals surface area contributed by atoms with Gasteiger partial charge in [-0.3, -0.25) is 25.1 Å². The van der Waals surface area contributed by atoms with E-state index in [0.717, 1.165) is 22.0 Å². The van der Waals surface area contributed by atoms with Crippen LogP contribution in [0.15, 0.2) is 66.0 Å². The molecule has 8 nitrogen and oxygen atoms in total. The normalized spacial score (nSPS) is 18.5. The average molecular weight is 506 g/mol. The van der Waals surface area contributed by atoms with Gasteiger partial charge in [-0.05, 0) is 40.7 Å². The van der Waals surface area contributed by atoms with E-state index in [2.05, 4.69) is 27.3 Å². The second-order valence-corrected chi connectivity index (χ2v) is 9.83. The smallest absolute Gasteiger partial charge is 0.325 e. The number of halogens is 1. The fraction of sp³-hybridized carbons (Fsp3) is 0.280. The Kier molecular flexibility index (Phi) is 7.04. The number of hydroxylamine groups is 1. The van der Waals surface area contributed by atoms with Gasteiger partial charge >= 0.3 is 12.2 Å². The third-order valence-electron chi connectivity index (χ3n) is 6.27. The van der Waals surface area contributed by atoms with Crippen LogP contribution >= 0.6 is 23.4 Å². The number of pyridine rings is 2. The van der Waals surface area contributed by atoms with Crippen molar-refractivity contribution in [1.29, 1.82) is 5.26 Å². The summed E-state index contributed by atoms with van der Waals surface area (Å²) in [6.45, 7) is 3.04. The molecule has 178 valence electrons. The molecule has 1 N–H and O–H groups in total. The highest BCUT2D eigenvalue weighted by atomic mass is 35.5. The van der Waals surface area contributed by atoms with Crippen LogP contribution in [0, 0.1) is 16.7 Å². The predicted octanol–water partition coefficient (Wildman–Crippen LogP) is 3.58. The van der Waals surface area contributed by atoms with Crippen LogP contribution in [0.25, 0.3) is 0 Å². The van der Waals surface area contributed by atoms with Gasteiger partial charge in [0.15, 0.2) is 0 Å². The Labute approximate surface area is 213 Å². The van der Waals surface area contributed by atoms with Gasteiger partial charge < -0.3 is 5.21 Å². The first kappa shape index (κ1) is 23.4. The molecule has 1 unspecified atom stereocenters. The number of rotatable bonds is 3. The van der Waals surface area contributed by atoms with Crippen LogP contribution in [0.4, 0.5) is 0 Å². The number of benzene rings is 1. The molecular weight excluding hydrogens is 482 g/mol. The van der Waals surface area contributed by atoms with Crippen LogP contribution in [0.2, 0.25) is 5.02 Å². The number of thioether (sulfide) groups is 1. The maximum atomic E-state index is 12.4. The zero-order valence-electron chi connectivity index (χ0n) is 19.0. The van der Waals surface area contributed by atoms with E-state index in [0.29, 0.717) is 37.5 Å². The molecule has 1 saturated heterocycles. The van der Waals surface area contributed by atoms with E-state index >= 15 is 0 Å². The van der Waals surface area contributed by atoms with Gasteiger partial charge in [-0.15, -0.1) is 11.8 Å². The van der Waals surface area contributed by atoms with Crippen LogP contribution in [0.5, 0.6) is 0 Å². The summed E-state index contributed by atoms with van der Waals surface area (Å²) in [6.07, 6.45) is 6.99. The monoisotopic (exact) mass is 505 g/mol. The number of fused-ring (bicyclic) bond motifs is 2. The lowest BCUT2D eigenvalue weighted by Crippen LogP contribution is -2.55. The van der Waals surface area contributed by atoms with Crippen LogP contribution in [0.1, 0.15) is 28.4 Å².